The lowest BCUT2D eigenvalue weighted by Gasteiger charge is -2.03. The van der Waals surface area contributed by atoms with Gasteiger partial charge in [-0.15, -0.1) is 0 Å². The highest BCUT2D eigenvalue weighted by Crippen LogP contribution is 2.07. The van der Waals surface area contributed by atoms with Crippen LogP contribution < -0.4 is 4.87 Å². The van der Waals surface area contributed by atoms with Gasteiger partial charge in [-0.3, -0.25) is 14.2 Å². The van der Waals surface area contributed by atoms with Gasteiger partial charge in [0.1, 0.15) is 0 Å². The number of ketones is 1. The zero-order chi connectivity index (χ0) is 13.1. The van der Waals surface area contributed by atoms with E-state index < -0.39 is 0 Å². The van der Waals surface area contributed by atoms with Crippen LogP contribution in [0.4, 0.5) is 0 Å². The van der Waals surface area contributed by atoms with E-state index in [1.807, 2.05) is 6.07 Å². The van der Waals surface area contributed by atoms with Crippen LogP contribution in [-0.2, 0) is 6.54 Å². The molecule has 0 aliphatic heterocycles. The molecule has 1 heterocycles. The number of aryl methyl sites for hydroxylation is 1. The third kappa shape index (κ3) is 2.39. The molecule has 0 amide bonds. The lowest BCUT2D eigenvalue weighted by atomic mass is 10.1. The predicted octanol–water partition coefficient (Wildman–Crippen LogP) is 1.97. The predicted molar refractivity (Wildman–Crippen MR) is 68.8 cm³/mol. The van der Waals surface area contributed by atoms with Crippen molar-refractivity contribution >= 4 is 17.1 Å². The number of Topliss-reactive ketones (excluding diaryl/α,β-unsaturated/α-hetero) is 1. The third-order valence-electron chi connectivity index (χ3n) is 2.61. The lowest BCUT2D eigenvalue weighted by Crippen LogP contribution is -2.20. The molecule has 2 aromatic rings. The Labute approximate surface area is 108 Å². The van der Waals surface area contributed by atoms with Gasteiger partial charge in [-0.2, -0.15) is 5.26 Å². The lowest BCUT2D eigenvalue weighted by molar-refractivity contribution is 0.0970. The first kappa shape index (κ1) is 12.3. The quantitative estimate of drug-likeness (QED) is 0.791. The van der Waals surface area contributed by atoms with Crippen molar-refractivity contribution in [2.24, 2.45) is 0 Å². The molecule has 0 N–H and O–H groups in total. The molecule has 2 rings (SSSR count). The number of benzene rings is 1. The van der Waals surface area contributed by atoms with E-state index in [0.29, 0.717) is 11.1 Å². The Bertz CT molecular complexity index is 674. The highest BCUT2D eigenvalue weighted by Gasteiger charge is 2.10. The maximum atomic E-state index is 12.0. The van der Waals surface area contributed by atoms with Crippen LogP contribution in [0.5, 0.6) is 0 Å². The molecular formula is C13H10N2O2S. The summed E-state index contributed by atoms with van der Waals surface area (Å²) in [5, 5.41) is 10.4. The summed E-state index contributed by atoms with van der Waals surface area (Å²) in [6, 6.07) is 8.39. The first-order valence-electron chi connectivity index (χ1n) is 5.30. The molecule has 0 atom stereocenters. The number of carbonyl (C=O) groups is 1. The van der Waals surface area contributed by atoms with Gasteiger partial charge >= 0.3 is 4.87 Å². The first-order chi connectivity index (χ1) is 8.61. The number of hydrogen-bond acceptors (Lipinski definition) is 4. The van der Waals surface area contributed by atoms with Crippen LogP contribution in [0.1, 0.15) is 21.6 Å². The molecular weight excluding hydrogens is 248 g/mol. The summed E-state index contributed by atoms with van der Waals surface area (Å²) in [5.74, 6) is -0.136. The second-order valence-corrected chi connectivity index (χ2v) is 4.66. The van der Waals surface area contributed by atoms with Crippen LogP contribution in [0.3, 0.4) is 0 Å². The molecule has 0 spiro atoms. The minimum absolute atomic E-state index is 0.0417. The zero-order valence-corrected chi connectivity index (χ0v) is 10.5. The Morgan fingerprint density at radius 3 is 2.56 bits per heavy atom. The van der Waals surface area contributed by atoms with E-state index in [-0.39, 0.29) is 17.2 Å². The van der Waals surface area contributed by atoms with Gasteiger partial charge in [-0.25, -0.2) is 0 Å². The summed E-state index contributed by atoms with van der Waals surface area (Å²) in [6.07, 6.45) is 0. The molecule has 1 aromatic carbocycles. The normalized spacial score (nSPS) is 10.0. The van der Waals surface area contributed by atoms with Crippen molar-refractivity contribution < 1.29 is 4.79 Å². The van der Waals surface area contributed by atoms with Gasteiger partial charge in [0.15, 0.2) is 5.78 Å². The van der Waals surface area contributed by atoms with Crippen molar-refractivity contribution in [1.82, 2.24) is 4.57 Å². The van der Waals surface area contributed by atoms with Crippen LogP contribution in [0.25, 0.3) is 0 Å². The second kappa shape index (κ2) is 4.98. The van der Waals surface area contributed by atoms with Crippen molar-refractivity contribution in [1.29, 1.82) is 5.26 Å². The maximum Gasteiger partial charge on any atom is 0.307 e. The summed E-state index contributed by atoms with van der Waals surface area (Å²) in [7, 11) is 0. The minimum Gasteiger partial charge on any atom is -0.296 e. The van der Waals surface area contributed by atoms with Crippen LogP contribution >= 0.6 is 11.3 Å². The van der Waals surface area contributed by atoms with E-state index in [0.717, 1.165) is 17.0 Å². The molecule has 0 bridgehead atoms. The number of hydrogen-bond donors (Lipinski definition) is 0. The highest BCUT2D eigenvalue weighted by molar-refractivity contribution is 7.07. The van der Waals surface area contributed by atoms with Gasteiger partial charge in [0.25, 0.3) is 0 Å². The fourth-order valence-electron chi connectivity index (χ4n) is 1.56. The van der Waals surface area contributed by atoms with Crippen molar-refractivity contribution in [3.63, 3.8) is 0 Å². The number of aromatic nitrogens is 1. The van der Waals surface area contributed by atoms with Crippen LogP contribution in [-0.4, -0.2) is 10.4 Å². The number of nitrogens with zero attached hydrogens (tertiary/aromatic N) is 2. The molecule has 0 saturated heterocycles. The smallest absolute Gasteiger partial charge is 0.296 e. The molecule has 1 aromatic heterocycles. The summed E-state index contributed by atoms with van der Waals surface area (Å²) < 4.78 is 1.45. The number of nitriles is 1. The van der Waals surface area contributed by atoms with E-state index in [1.54, 1.807) is 36.6 Å². The first-order valence-corrected chi connectivity index (χ1v) is 6.18. The Kier molecular flexibility index (Phi) is 3.40. The Hall–Kier alpha value is -2.19. The average Bonchev–Trinajstić information content (AvgIpc) is 2.70. The van der Waals surface area contributed by atoms with Gasteiger partial charge in [0.2, 0.25) is 0 Å². The molecule has 5 heteroatoms. The fraction of sp³-hybridized carbons (Fsp3) is 0.154. The Balaban J connectivity index is 2.22. The Morgan fingerprint density at radius 1 is 1.39 bits per heavy atom. The van der Waals surface area contributed by atoms with Crippen molar-refractivity contribution in [3.05, 3.63) is 56.1 Å². The molecule has 4 nitrogen and oxygen atoms in total. The van der Waals surface area contributed by atoms with Crippen LogP contribution in [0, 0.1) is 18.3 Å². The second-order valence-electron chi connectivity index (χ2n) is 3.84. The SMILES string of the molecule is Cc1csc(=O)n1CC(=O)c1ccc(C#N)cc1. The molecule has 0 fully saturated rings. The largest absolute Gasteiger partial charge is 0.307 e. The zero-order valence-electron chi connectivity index (χ0n) is 9.71. The monoisotopic (exact) mass is 258 g/mol. The average molecular weight is 258 g/mol. The van der Waals surface area contributed by atoms with E-state index >= 15 is 0 Å². The van der Waals surface area contributed by atoms with E-state index in [1.165, 1.54) is 4.57 Å². The number of carbonyl (C=O) groups excluding carboxylic acids is 1. The highest BCUT2D eigenvalue weighted by atomic mass is 32.1. The topological polar surface area (TPSA) is 62.9 Å². The maximum absolute atomic E-state index is 12.0. The van der Waals surface area contributed by atoms with Gasteiger partial charge in [-0.1, -0.05) is 23.5 Å². The van der Waals surface area contributed by atoms with Crippen molar-refractivity contribution in [3.8, 4) is 6.07 Å². The standard InChI is InChI=1S/C13H10N2O2S/c1-9-8-18-13(17)15(9)7-12(16)11-4-2-10(6-14)3-5-11/h2-5,8H,7H2,1H3. The van der Waals surface area contributed by atoms with Crippen LogP contribution in [0.2, 0.25) is 0 Å². The molecule has 0 unspecified atom stereocenters. The molecule has 18 heavy (non-hydrogen) atoms. The summed E-state index contributed by atoms with van der Waals surface area (Å²) >= 11 is 1.09. The van der Waals surface area contributed by atoms with Crippen molar-refractivity contribution in [2.45, 2.75) is 13.5 Å². The minimum atomic E-state index is -0.136. The van der Waals surface area contributed by atoms with Gasteiger partial charge in [0, 0.05) is 16.6 Å². The van der Waals surface area contributed by atoms with Gasteiger partial charge < -0.3 is 0 Å². The van der Waals surface area contributed by atoms with E-state index in [2.05, 4.69) is 0 Å². The molecule has 90 valence electrons. The van der Waals surface area contributed by atoms with Crippen LogP contribution in [0.15, 0.2) is 34.4 Å². The van der Waals surface area contributed by atoms with Crippen molar-refractivity contribution in [2.75, 3.05) is 0 Å². The van der Waals surface area contributed by atoms with E-state index in [4.69, 9.17) is 5.26 Å². The number of rotatable bonds is 3. The fourth-order valence-corrected chi connectivity index (χ4v) is 2.30. The summed E-state index contributed by atoms with van der Waals surface area (Å²) in [4.78, 5) is 23.3. The van der Waals surface area contributed by atoms with Gasteiger partial charge in [0.05, 0.1) is 18.2 Å². The number of thiazole rings is 1. The summed E-state index contributed by atoms with van der Waals surface area (Å²) in [6.45, 7) is 1.84. The van der Waals surface area contributed by atoms with E-state index in [9.17, 15) is 9.59 Å². The molecule has 0 aliphatic carbocycles. The molecule has 0 radical (unpaired) electrons. The molecule has 0 aliphatic rings. The third-order valence-corrected chi connectivity index (χ3v) is 3.50. The van der Waals surface area contributed by atoms with Gasteiger partial charge in [-0.05, 0) is 19.1 Å². The Morgan fingerprint density at radius 2 is 2.06 bits per heavy atom. The molecule has 0 saturated carbocycles. The summed E-state index contributed by atoms with van der Waals surface area (Å²) in [5.41, 5.74) is 1.80.